The first-order chi connectivity index (χ1) is 11.8. The quantitative estimate of drug-likeness (QED) is 0.480. The molecule has 132 valence electrons. The van der Waals surface area contributed by atoms with Gasteiger partial charge in [-0.15, -0.1) is 0 Å². The second kappa shape index (κ2) is 7.35. The second-order valence-electron chi connectivity index (χ2n) is 6.23. The summed E-state index contributed by atoms with van der Waals surface area (Å²) in [6, 6.07) is 13.2. The smallest absolute Gasteiger partial charge is 0.416 e. The molecular weight excluding hydrogens is 444 g/mol. The molecule has 1 saturated heterocycles. The van der Waals surface area contributed by atoms with Gasteiger partial charge in [-0.1, -0.05) is 30.3 Å². The predicted octanol–water partition coefficient (Wildman–Crippen LogP) is 4.88. The molecule has 25 heavy (non-hydrogen) atoms. The van der Waals surface area contributed by atoms with E-state index in [1.54, 1.807) is 6.07 Å². The van der Waals surface area contributed by atoms with Crippen molar-refractivity contribution < 1.29 is 22.7 Å². The highest BCUT2D eigenvalue weighted by Gasteiger charge is 2.37. The number of benzene rings is 2. The van der Waals surface area contributed by atoms with Crippen LogP contribution in [0.15, 0.2) is 48.5 Å². The fourth-order valence-electron chi connectivity index (χ4n) is 3.11. The Bertz CT molecular complexity index is 756. The summed E-state index contributed by atoms with van der Waals surface area (Å²) < 4.78 is 44.9. The number of carbonyl (C=O) groups is 1. The maximum atomic E-state index is 12.9. The molecule has 2 atom stereocenters. The summed E-state index contributed by atoms with van der Waals surface area (Å²) in [4.78, 5) is 12.1. The minimum Gasteiger partial charge on any atom is -0.465 e. The van der Waals surface area contributed by atoms with Crippen LogP contribution in [-0.4, -0.2) is 12.6 Å². The first kappa shape index (κ1) is 18.2. The van der Waals surface area contributed by atoms with E-state index in [-0.39, 0.29) is 24.4 Å². The number of halogens is 4. The van der Waals surface area contributed by atoms with E-state index in [0.717, 1.165) is 21.3 Å². The monoisotopic (exact) mass is 460 g/mol. The van der Waals surface area contributed by atoms with E-state index in [4.69, 9.17) is 4.74 Å². The van der Waals surface area contributed by atoms with E-state index < -0.39 is 11.7 Å². The standard InChI is InChI=1S/C19H16F3IO2/c20-19(21,22)15-3-1-2-13(9-15)8-14-11-25-18(24)17(14)10-12-4-6-16(23)7-5-12/h1-7,9,14,17H,8,10-11H2/t14-,17+/m0/s1. The minimum atomic E-state index is -4.36. The molecule has 0 spiro atoms. The number of esters is 1. The molecule has 1 aliphatic rings. The van der Waals surface area contributed by atoms with Crippen LogP contribution in [0.1, 0.15) is 16.7 Å². The highest BCUT2D eigenvalue weighted by molar-refractivity contribution is 14.1. The average molecular weight is 460 g/mol. The van der Waals surface area contributed by atoms with Crippen LogP contribution in [0.25, 0.3) is 0 Å². The lowest BCUT2D eigenvalue weighted by molar-refractivity contribution is -0.141. The van der Waals surface area contributed by atoms with Crippen LogP contribution >= 0.6 is 22.6 Å². The Kier molecular flexibility index (Phi) is 5.36. The number of carbonyl (C=O) groups excluding carboxylic acids is 1. The van der Waals surface area contributed by atoms with E-state index in [0.29, 0.717) is 18.4 Å². The van der Waals surface area contributed by atoms with E-state index in [9.17, 15) is 18.0 Å². The van der Waals surface area contributed by atoms with Gasteiger partial charge in [0.15, 0.2) is 0 Å². The predicted molar refractivity (Wildman–Crippen MR) is 96.0 cm³/mol. The Morgan fingerprint density at radius 1 is 1.04 bits per heavy atom. The zero-order chi connectivity index (χ0) is 18.0. The number of hydrogen-bond donors (Lipinski definition) is 0. The Morgan fingerprint density at radius 2 is 1.76 bits per heavy atom. The van der Waals surface area contributed by atoms with Crippen molar-refractivity contribution >= 4 is 28.6 Å². The SMILES string of the molecule is O=C1OC[C@H](Cc2cccc(C(F)(F)F)c2)[C@H]1Cc1ccc(I)cc1. The van der Waals surface area contributed by atoms with E-state index in [2.05, 4.69) is 22.6 Å². The molecule has 1 fully saturated rings. The second-order valence-corrected chi connectivity index (χ2v) is 7.48. The van der Waals surface area contributed by atoms with Crippen LogP contribution < -0.4 is 0 Å². The molecule has 3 rings (SSSR count). The maximum Gasteiger partial charge on any atom is 0.416 e. The highest BCUT2D eigenvalue weighted by atomic mass is 127. The summed E-state index contributed by atoms with van der Waals surface area (Å²) in [5.41, 5.74) is 0.938. The van der Waals surface area contributed by atoms with E-state index >= 15 is 0 Å². The molecule has 0 N–H and O–H groups in total. The molecular formula is C19H16F3IO2. The first-order valence-electron chi connectivity index (χ1n) is 7.90. The average Bonchev–Trinajstić information content (AvgIpc) is 2.89. The zero-order valence-corrected chi connectivity index (χ0v) is 15.4. The van der Waals surface area contributed by atoms with Gasteiger partial charge in [0.05, 0.1) is 18.1 Å². The molecule has 0 amide bonds. The summed E-state index contributed by atoms with van der Waals surface area (Å²) in [7, 11) is 0. The molecule has 0 aliphatic carbocycles. The van der Waals surface area contributed by atoms with Crippen molar-refractivity contribution in [3.05, 3.63) is 68.8 Å². The van der Waals surface area contributed by atoms with Crippen molar-refractivity contribution in [1.82, 2.24) is 0 Å². The third kappa shape index (κ3) is 4.54. The summed E-state index contributed by atoms with van der Waals surface area (Å²) in [5, 5.41) is 0. The summed E-state index contributed by atoms with van der Waals surface area (Å²) in [5.74, 6) is -0.708. The van der Waals surface area contributed by atoms with Gasteiger partial charge in [0.1, 0.15) is 0 Å². The number of cyclic esters (lactones) is 1. The van der Waals surface area contributed by atoms with Gasteiger partial charge < -0.3 is 4.74 Å². The largest absolute Gasteiger partial charge is 0.465 e. The molecule has 6 heteroatoms. The van der Waals surface area contributed by atoms with Crippen LogP contribution in [-0.2, 0) is 28.5 Å². The molecule has 2 nitrogen and oxygen atoms in total. The van der Waals surface area contributed by atoms with E-state index in [1.165, 1.54) is 6.07 Å². The van der Waals surface area contributed by atoms with Crippen molar-refractivity contribution in [2.24, 2.45) is 11.8 Å². The third-order valence-corrected chi connectivity index (χ3v) is 5.15. The van der Waals surface area contributed by atoms with Gasteiger partial charge in [-0.25, -0.2) is 0 Å². The summed E-state index contributed by atoms with van der Waals surface area (Å²) >= 11 is 2.21. The molecule has 0 saturated carbocycles. The third-order valence-electron chi connectivity index (χ3n) is 4.43. The number of hydrogen-bond acceptors (Lipinski definition) is 2. The van der Waals surface area contributed by atoms with Gasteiger partial charge in [0, 0.05) is 9.49 Å². The molecule has 1 heterocycles. The van der Waals surface area contributed by atoms with Gasteiger partial charge >= 0.3 is 12.1 Å². The van der Waals surface area contributed by atoms with Crippen LogP contribution in [0, 0.1) is 15.4 Å². The lowest BCUT2D eigenvalue weighted by Crippen LogP contribution is -2.21. The summed E-state index contributed by atoms with van der Waals surface area (Å²) in [6.07, 6.45) is -3.43. The Morgan fingerprint density at radius 3 is 2.44 bits per heavy atom. The van der Waals surface area contributed by atoms with Crippen molar-refractivity contribution in [1.29, 1.82) is 0 Å². The molecule has 2 aromatic rings. The normalized spacial score (nSPS) is 20.6. The van der Waals surface area contributed by atoms with Crippen molar-refractivity contribution in [3.8, 4) is 0 Å². The van der Waals surface area contributed by atoms with Crippen LogP contribution in [0.4, 0.5) is 13.2 Å². The van der Waals surface area contributed by atoms with Gasteiger partial charge in [0.25, 0.3) is 0 Å². The highest BCUT2D eigenvalue weighted by Crippen LogP contribution is 2.32. The minimum absolute atomic E-state index is 0.115. The van der Waals surface area contributed by atoms with Crippen LogP contribution in [0.2, 0.25) is 0 Å². The molecule has 0 bridgehead atoms. The fraction of sp³-hybridized carbons (Fsp3) is 0.316. The van der Waals surface area contributed by atoms with Gasteiger partial charge in [-0.3, -0.25) is 4.79 Å². The molecule has 0 radical (unpaired) electrons. The van der Waals surface area contributed by atoms with E-state index in [1.807, 2.05) is 24.3 Å². The lowest BCUT2D eigenvalue weighted by atomic mass is 9.85. The topological polar surface area (TPSA) is 26.3 Å². The molecule has 0 unspecified atom stereocenters. The Labute approximate surface area is 157 Å². The van der Waals surface area contributed by atoms with Gasteiger partial charge in [-0.2, -0.15) is 13.2 Å². The van der Waals surface area contributed by atoms with Crippen molar-refractivity contribution in [3.63, 3.8) is 0 Å². The number of alkyl halides is 3. The molecule has 2 aromatic carbocycles. The first-order valence-corrected chi connectivity index (χ1v) is 8.98. The number of ether oxygens (including phenoxy) is 1. The molecule has 1 aliphatic heterocycles. The van der Waals surface area contributed by atoms with Crippen LogP contribution in [0.3, 0.4) is 0 Å². The van der Waals surface area contributed by atoms with Crippen LogP contribution in [0.5, 0.6) is 0 Å². The van der Waals surface area contributed by atoms with Crippen molar-refractivity contribution in [2.45, 2.75) is 19.0 Å². The zero-order valence-electron chi connectivity index (χ0n) is 13.2. The van der Waals surface area contributed by atoms with Gasteiger partial charge in [-0.05, 0) is 64.8 Å². The Balaban J connectivity index is 1.75. The summed E-state index contributed by atoms with van der Waals surface area (Å²) in [6.45, 7) is 0.254. The number of rotatable bonds is 4. The van der Waals surface area contributed by atoms with Crippen molar-refractivity contribution in [2.75, 3.05) is 6.61 Å². The fourth-order valence-corrected chi connectivity index (χ4v) is 3.47. The maximum absolute atomic E-state index is 12.9. The molecule has 0 aromatic heterocycles. The lowest BCUT2D eigenvalue weighted by Gasteiger charge is -2.16. The Hall–Kier alpha value is -1.57. The van der Waals surface area contributed by atoms with Gasteiger partial charge in [0.2, 0.25) is 0 Å².